The van der Waals surface area contributed by atoms with Gasteiger partial charge in [0, 0.05) is 5.25 Å². The fourth-order valence-corrected chi connectivity index (χ4v) is 2.37. The lowest BCUT2D eigenvalue weighted by Gasteiger charge is -2.03. The summed E-state index contributed by atoms with van der Waals surface area (Å²) in [6.45, 7) is 0. The molecule has 0 spiro atoms. The number of aliphatic hydroxyl groups is 1. The molecule has 0 saturated heterocycles. The lowest BCUT2D eigenvalue weighted by Crippen LogP contribution is -2.11. The van der Waals surface area contributed by atoms with Crippen molar-refractivity contribution in [2.24, 2.45) is 0 Å². The van der Waals surface area contributed by atoms with Gasteiger partial charge in [0.25, 0.3) is 0 Å². The fraction of sp³-hybridized carbons (Fsp3) is 0.294. The topological polar surface area (TPSA) is 29.5 Å². The first kappa shape index (κ1) is 14.9. The van der Waals surface area contributed by atoms with E-state index in [1.807, 2.05) is 60.7 Å². The number of benzene rings is 2. The van der Waals surface area contributed by atoms with Crippen molar-refractivity contribution in [1.29, 1.82) is 0 Å². The summed E-state index contributed by atoms with van der Waals surface area (Å²) in [6, 6.07) is 19.5. The van der Waals surface area contributed by atoms with E-state index in [9.17, 15) is 0 Å². The van der Waals surface area contributed by atoms with E-state index in [0.717, 1.165) is 30.8 Å². The van der Waals surface area contributed by atoms with Crippen LogP contribution in [0.1, 0.15) is 19.3 Å². The molecule has 106 valence electrons. The average Bonchev–Trinajstić information content (AvgIpc) is 2.86. The number of thiol groups is 1. The molecule has 2 atom stereocenters. The van der Waals surface area contributed by atoms with Crippen molar-refractivity contribution in [3.8, 4) is 11.5 Å². The summed E-state index contributed by atoms with van der Waals surface area (Å²) in [7, 11) is 0. The fourth-order valence-electron chi connectivity index (χ4n) is 2.03. The molecule has 0 bridgehead atoms. The number of hydrogen-bond acceptors (Lipinski definition) is 3. The largest absolute Gasteiger partial charge is 0.457 e. The van der Waals surface area contributed by atoms with Crippen molar-refractivity contribution in [3.05, 3.63) is 60.7 Å². The van der Waals surface area contributed by atoms with Crippen molar-refractivity contribution in [2.75, 3.05) is 0 Å². The van der Waals surface area contributed by atoms with Crippen LogP contribution in [0.5, 0.6) is 11.5 Å². The molecular formula is C17H20O2S. The summed E-state index contributed by atoms with van der Waals surface area (Å²) in [4.78, 5) is 0. The molecule has 1 fully saturated rings. The highest BCUT2D eigenvalue weighted by Gasteiger charge is 2.20. The Hall–Kier alpha value is -1.45. The van der Waals surface area contributed by atoms with Gasteiger partial charge in [0.2, 0.25) is 0 Å². The SMILES string of the molecule is OC1CCCC1S.c1ccc(Oc2ccccc2)cc1. The van der Waals surface area contributed by atoms with Gasteiger partial charge in [-0.3, -0.25) is 0 Å². The molecule has 0 aromatic heterocycles. The van der Waals surface area contributed by atoms with Gasteiger partial charge in [-0.05, 0) is 43.5 Å². The second-order valence-electron chi connectivity index (χ2n) is 4.79. The molecule has 0 aliphatic heterocycles. The second kappa shape index (κ2) is 7.98. The number of rotatable bonds is 2. The Labute approximate surface area is 125 Å². The van der Waals surface area contributed by atoms with Crippen molar-refractivity contribution >= 4 is 12.6 Å². The molecular weight excluding hydrogens is 268 g/mol. The molecule has 2 aromatic rings. The van der Waals surface area contributed by atoms with Crippen LogP contribution >= 0.6 is 12.6 Å². The average molecular weight is 288 g/mol. The van der Waals surface area contributed by atoms with Crippen molar-refractivity contribution in [2.45, 2.75) is 30.6 Å². The predicted octanol–water partition coefficient (Wildman–Crippen LogP) is 4.31. The van der Waals surface area contributed by atoms with E-state index < -0.39 is 0 Å². The third-order valence-corrected chi connectivity index (χ3v) is 3.77. The monoisotopic (exact) mass is 288 g/mol. The van der Waals surface area contributed by atoms with Gasteiger partial charge in [-0.2, -0.15) is 12.6 Å². The zero-order chi connectivity index (χ0) is 14.2. The molecule has 1 aliphatic rings. The summed E-state index contributed by atoms with van der Waals surface area (Å²) in [5, 5.41) is 9.19. The summed E-state index contributed by atoms with van der Waals surface area (Å²) in [5.41, 5.74) is 0. The summed E-state index contributed by atoms with van der Waals surface area (Å²) >= 11 is 4.14. The number of aliphatic hydroxyl groups excluding tert-OH is 1. The van der Waals surface area contributed by atoms with E-state index in [0.29, 0.717) is 0 Å². The van der Waals surface area contributed by atoms with Gasteiger partial charge in [-0.25, -0.2) is 0 Å². The molecule has 1 N–H and O–H groups in total. The summed E-state index contributed by atoms with van der Waals surface area (Å²) in [6.07, 6.45) is 3.07. The molecule has 0 heterocycles. The van der Waals surface area contributed by atoms with Crippen LogP contribution in [0.2, 0.25) is 0 Å². The molecule has 2 aromatic carbocycles. The van der Waals surface area contributed by atoms with E-state index >= 15 is 0 Å². The number of hydrogen-bond donors (Lipinski definition) is 2. The van der Waals surface area contributed by atoms with E-state index in [4.69, 9.17) is 9.84 Å². The first-order chi connectivity index (χ1) is 9.75. The van der Waals surface area contributed by atoms with Gasteiger partial charge in [-0.15, -0.1) is 0 Å². The van der Waals surface area contributed by atoms with Crippen molar-refractivity contribution in [3.63, 3.8) is 0 Å². The Morgan fingerprint density at radius 2 is 1.35 bits per heavy atom. The molecule has 1 saturated carbocycles. The molecule has 1 aliphatic carbocycles. The predicted molar refractivity (Wildman–Crippen MR) is 85.6 cm³/mol. The van der Waals surface area contributed by atoms with Crippen LogP contribution < -0.4 is 4.74 Å². The minimum atomic E-state index is -0.122. The summed E-state index contributed by atoms with van der Waals surface area (Å²) < 4.78 is 5.58. The van der Waals surface area contributed by atoms with Crippen LogP contribution in [0.4, 0.5) is 0 Å². The Kier molecular flexibility index (Phi) is 5.96. The third kappa shape index (κ3) is 4.91. The standard InChI is InChI=1S/C12H10O.C5H10OS/c1-3-7-11(8-4-1)13-12-9-5-2-6-10-12;6-4-2-1-3-5(4)7/h1-10H;4-7H,1-3H2. The highest BCUT2D eigenvalue weighted by molar-refractivity contribution is 7.81. The Morgan fingerprint density at radius 1 is 0.850 bits per heavy atom. The van der Waals surface area contributed by atoms with Crippen molar-refractivity contribution in [1.82, 2.24) is 0 Å². The number of ether oxygens (including phenoxy) is 1. The molecule has 2 unspecified atom stereocenters. The van der Waals surface area contributed by atoms with Gasteiger partial charge in [0.15, 0.2) is 0 Å². The minimum absolute atomic E-state index is 0.122. The molecule has 2 nitrogen and oxygen atoms in total. The lowest BCUT2D eigenvalue weighted by atomic mass is 10.3. The van der Waals surface area contributed by atoms with E-state index in [1.54, 1.807) is 0 Å². The second-order valence-corrected chi connectivity index (χ2v) is 5.46. The zero-order valence-electron chi connectivity index (χ0n) is 11.4. The maximum absolute atomic E-state index is 8.92. The Bertz CT molecular complexity index is 441. The third-order valence-electron chi connectivity index (χ3n) is 3.17. The van der Waals surface area contributed by atoms with Gasteiger partial charge in [0.1, 0.15) is 11.5 Å². The number of para-hydroxylation sites is 2. The van der Waals surface area contributed by atoms with Crippen molar-refractivity contribution < 1.29 is 9.84 Å². The van der Waals surface area contributed by atoms with Crippen LogP contribution in [0.25, 0.3) is 0 Å². The Balaban J connectivity index is 0.000000178. The molecule has 20 heavy (non-hydrogen) atoms. The summed E-state index contributed by atoms with van der Waals surface area (Å²) in [5.74, 6) is 1.74. The molecule has 3 rings (SSSR count). The quantitative estimate of drug-likeness (QED) is 0.806. The maximum Gasteiger partial charge on any atom is 0.127 e. The van der Waals surface area contributed by atoms with Crippen LogP contribution in [-0.4, -0.2) is 16.5 Å². The highest BCUT2D eigenvalue weighted by atomic mass is 32.1. The molecule has 0 amide bonds. The van der Waals surface area contributed by atoms with Gasteiger partial charge in [-0.1, -0.05) is 36.4 Å². The van der Waals surface area contributed by atoms with E-state index in [-0.39, 0.29) is 11.4 Å². The smallest absolute Gasteiger partial charge is 0.127 e. The normalized spacial score (nSPS) is 20.9. The van der Waals surface area contributed by atoms with Crippen LogP contribution in [-0.2, 0) is 0 Å². The van der Waals surface area contributed by atoms with E-state index in [2.05, 4.69) is 12.6 Å². The van der Waals surface area contributed by atoms with Crippen LogP contribution in [0, 0.1) is 0 Å². The van der Waals surface area contributed by atoms with Gasteiger partial charge < -0.3 is 9.84 Å². The zero-order valence-corrected chi connectivity index (χ0v) is 12.2. The van der Waals surface area contributed by atoms with Crippen LogP contribution in [0.3, 0.4) is 0 Å². The lowest BCUT2D eigenvalue weighted by molar-refractivity contribution is 0.188. The minimum Gasteiger partial charge on any atom is -0.457 e. The maximum atomic E-state index is 8.92. The Morgan fingerprint density at radius 3 is 1.65 bits per heavy atom. The van der Waals surface area contributed by atoms with Gasteiger partial charge in [0.05, 0.1) is 6.10 Å². The molecule has 3 heteroatoms. The first-order valence-electron chi connectivity index (χ1n) is 6.90. The first-order valence-corrected chi connectivity index (χ1v) is 7.41. The van der Waals surface area contributed by atoms with Crippen LogP contribution in [0.15, 0.2) is 60.7 Å². The highest BCUT2D eigenvalue weighted by Crippen LogP contribution is 2.22. The van der Waals surface area contributed by atoms with Gasteiger partial charge >= 0.3 is 0 Å². The van der Waals surface area contributed by atoms with E-state index in [1.165, 1.54) is 0 Å². The molecule has 0 radical (unpaired) electrons.